The number of hydrogen-bond acceptors (Lipinski definition) is 4. The Balaban J connectivity index is 2.69. The molecule has 0 radical (unpaired) electrons. The van der Waals surface area contributed by atoms with Gasteiger partial charge < -0.3 is 10.2 Å². The van der Waals surface area contributed by atoms with Crippen molar-refractivity contribution in [1.82, 2.24) is 10.2 Å². The lowest BCUT2D eigenvalue weighted by Crippen LogP contribution is -2.44. The minimum absolute atomic E-state index is 0.122. The summed E-state index contributed by atoms with van der Waals surface area (Å²) in [5, 5.41) is 3.59. The topological polar surface area (TPSA) is 15.3 Å². The monoisotopic (exact) mass is 258 g/mol. The standard InChI is InChI=1S/C12H22N2S2/c1-12(2,3)8-9(11(16)10(8)15)13-6-7-14(4)5/h11,13,16H,6-7H2,1-5H3. The zero-order valence-corrected chi connectivity index (χ0v) is 12.5. The maximum absolute atomic E-state index is 5.37. The van der Waals surface area contributed by atoms with Crippen molar-refractivity contribution < 1.29 is 0 Å². The quantitative estimate of drug-likeness (QED) is 0.594. The van der Waals surface area contributed by atoms with Crippen LogP contribution in [0.15, 0.2) is 11.3 Å². The summed E-state index contributed by atoms with van der Waals surface area (Å²) in [5.74, 6) is 0. The number of allylic oxidation sites excluding steroid dienone is 1. The second-order valence-electron chi connectivity index (χ2n) is 5.54. The van der Waals surface area contributed by atoms with E-state index in [0.29, 0.717) is 0 Å². The van der Waals surface area contributed by atoms with Gasteiger partial charge in [-0.15, -0.1) is 0 Å². The highest BCUT2D eigenvalue weighted by atomic mass is 32.1. The van der Waals surface area contributed by atoms with Crippen LogP contribution < -0.4 is 5.32 Å². The van der Waals surface area contributed by atoms with Crippen LogP contribution in [-0.2, 0) is 0 Å². The third kappa shape index (κ3) is 2.99. The van der Waals surface area contributed by atoms with Crippen LogP contribution in [0, 0.1) is 5.41 Å². The molecule has 4 heteroatoms. The Morgan fingerprint density at radius 3 is 2.38 bits per heavy atom. The van der Waals surface area contributed by atoms with Crippen LogP contribution in [0.4, 0.5) is 0 Å². The Hall–Kier alpha value is -0.0600. The Kier molecular flexibility index (Phi) is 4.43. The van der Waals surface area contributed by atoms with Crippen molar-refractivity contribution in [2.75, 3.05) is 27.2 Å². The van der Waals surface area contributed by atoms with Crippen molar-refractivity contribution >= 4 is 29.7 Å². The number of thiol groups is 1. The number of nitrogens with zero attached hydrogens (tertiary/aromatic N) is 1. The first kappa shape index (κ1) is 14.0. The maximum Gasteiger partial charge on any atom is 0.0772 e. The molecule has 2 nitrogen and oxygen atoms in total. The van der Waals surface area contributed by atoms with E-state index in [1.807, 2.05) is 0 Å². The average molecular weight is 258 g/mol. The van der Waals surface area contributed by atoms with Gasteiger partial charge in [-0.3, -0.25) is 0 Å². The van der Waals surface area contributed by atoms with Crippen molar-refractivity contribution in [1.29, 1.82) is 0 Å². The second-order valence-corrected chi connectivity index (χ2v) is 6.49. The van der Waals surface area contributed by atoms with Crippen molar-refractivity contribution in [3.8, 4) is 0 Å². The molecule has 0 aromatic rings. The van der Waals surface area contributed by atoms with E-state index in [0.717, 1.165) is 18.0 Å². The third-order valence-corrected chi connectivity index (χ3v) is 3.79. The molecule has 16 heavy (non-hydrogen) atoms. The Morgan fingerprint density at radius 2 is 1.94 bits per heavy atom. The highest BCUT2D eigenvalue weighted by Gasteiger charge is 2.38. The van der Waals surface area contributed by atoms with E-state index in [2.05, 4.69) is 57.7 Å². The van der Waals surface area contributed by atoms with Crippen LogP contribution >= 0.6 is 24.8 Å². The molecule has 0 bridgehead atoms. The van der Waals surface area contributed by atoms with Crippen LogP contribution in [-0.4, -0.2) is 42.2 Å². The van der Waals surface area contributed by atoms with E-state index in [-0.39, 0.29) is 10.7 Å². The van der Waals surface area contributed by atoms with Crippen molar-refractivity contribution in [3.05, 3.63) is 11.3 Å². The zero-order chi connectivity index (χ0) is 12.5. The molecule has 92 valence electrons. The van der Waals surface area contributed by atoms with Crippen molar-refractivity contribution in [3.63, 3.8) is 0 Å². The van der Waals surface area contributed by atoms with Gasteiger partial charge in [-0.05, 0) is 25.1 Å². The SMILES string of the molecule is CN(C)CCNC1=C(C(C)(C)C)C(=S)C1S. The lowest BCUT2D eigenvalue weighted by Gasteiger charge is -2.39. The van der Waals surface area contributed by atoms with Crippen LogP contribution in [0.2, 0.25) is 0 Å². The third-order valence-electron chi connectivity index (χ3n) is 2.66. The number of hydrogen-bond donors (Lipinski definition) is 2. The number of thiocarbonyl (C=S) groups is 1. The van der Waals surface area contributed by atoms with Crippen LogP contribution in [0.3, 0.4) is 0 Å². The summed E-state index contributed by atoms with van der Waals surface area (Å²) in [5.41, 5.74) is 2.63. The minimum Gasteiger partial charge on any atom is -0.386 e. The van der Waals surface area contributed by atoms with E-state index in [9.17, 15) is 0 Å². The highest BCUT2D eigenvalue weighted by molar-refractivity contribution is 7.87. The molecule has 1 N–H and O–H groups in total. The van der Waals surface area contributed by atoms with Crippen LogP contribution in [0.25, 0.3) is 0 Å². The fourth-order valence-electron chi connectivity index (χ4n) is 1.83. The predicted octanol–water partition coefficient (Wildman–Crippen LogP) is 2.12. The summed E-state index contributed by atoms with van der Waals surface area (Å²) in [6.07, 6.45) is 0. The molecule has 0 saturated carbocycles. The van der Waals surface area contributed by atoms with Crippen LogP contribution in [0.1, 0.15) is 20.8 Å². The van der Waals surface area contributed by atoms with Gasteiger partial charge in [0.25, 0.3) is 0 Å². The fourth-order valence-corrected chi connectivity index (χ4v) is 2.72. The van der Waals surface area contributed by atoms with E-state index < -0.39 is 0 Å². The molecule has 0 aliphatic heterocycles. The molecule has 1 rings (SSSR count). The summed E-state index contributed by atoms with van der Waals surface area (Å²) >= 11 is 9.89. The fraction of sp³-hybridized carbons (Fsp3) is 0.750. The van der Waals surface area contributed by atoms with Gasteiger partial charge in [0.1, 0.15) is 0 Å². The van der Waals surface area contributed by atoms with E-state index in [4.69, 9.17) is 12.2 Å². The molecule has 1 aliphatic carbocycles. The molecular formula is C12H22N2S2. The number of rotatable bonds is 4. The molecule has 1 unspecified atom stereocenters. The molecule has 0 saturated heterocycles. The van der Waals surface area contributed by atoms with Gasteiger partial charge in [-0.1, -0.05) is 33.0 Å². The van der Waals surface area contributed by atoms with E-state index in [1.165, 1.54) is 11.3 Å². The molecule has 0 amide bonds. The van der Waals surface area contributed by atoms with Crippen LogP contribution in [0.5, 0.6) is 0 Å². The Labute approximate surface area is 110 Å². The van der Waals surface area contributed by atoms with Gasteiger partial charge in [0.15, 0.2) is 0 Å². The normalized spacial score (nSPS) is 21.4. The maximum atomic E-state index is 5.37. The lowest BCUT2D eigenvalue weighted by molar-refractivity contribution is 0.404. The van der Waals surface area contributed by atoms with Gasteiger partial charge in [-0.2, -0.15) is 12.6 Å². The predicted molar refractivity (Wildman–Crippen MR) is 78.4 cm³/mol. The van der Waals surface area contributed by atoms with Crippen molar-refractivity contribution in [2.45, 2.75) is 26.0 Å². The largest absolute Gasteiger partial charge is 0.386 e. The highest BCUT2D eigenvalue weighted by Crippen LogP contribution is 2.40. The van der Waals surface area contributed by atoms with E-state index >= 15 is 0 Å². The molecule has 0 fully saturated rings. The van der Waals surface area contributed by atoms with Gasteiger partial charge in [0.05, 0.1) is 5.25 Å². The van der Waals surface area contributed by atoms with Crippen molar-refractivity contribution in [2.24, 2.45) is 5.41 Å². The first-order valence-corrected chi connectivity index (χ1v) is 6.53. The van der Waals surface area contributed by atoms with Gasteiger partial charge in [-0.25, -0.2) is 0 Å². The van der Waals surface area contributed by atoms with Gasteiger partial charge >= 0.3 is 0 Å². The summed E-state index contributed by atoms with van der Waals surface area (Å²) in [6.45, 7) is 8.56. The zero-order valence-electron chi connectivity index (χ0n) is 10.8. The first-order valence-electron chi connectivity index (χ1n) is 5.60. The summed E-state index contributed by atoms with van der Waals surface area (Å²) in [4.78, 5) is 3.16. The molecule has 0 aromatic heterocycles. The average Bonchev–Trinajstić information content (AvgIpc) is 2.13. The second kappa shape index (κ2) is 5.07. The number of likely N-dealkylation sites (N-methyl/N-ethyl adjacent to an activating group) is 1. The summed E-state index contributed by atoms with van der Waals surface area (Å²) in [7, 11) is 4.15. The molecule has 0 heterocycles. The minimum atomic E-state index is 0.122. The number of nitrogens with one attached hydrogen (secondary N) is 1. The molecule has 1 atom stereocenters. The lowest BCUT2D eigenvalue weighted by atomic mass is 9.75. The molecular weight excluding hydrogens is 236 g/mol. The Bertz CT molecular complexity index is 313. The van der Waals surface area contributed by atoms with Gasteiger partial charge in [0.2, 0.25) is 0 Å². The first-order chi connectivity index (χ1) is 7.25. The van der Waals surface area contributed by atoms with E-state index in [1.54, 1.807) is 0 Å². The molecule has 0 aromatic carbocycles. The smallest absolute Gasteiger partial charge is 0.0772 e. The summed E-state index contributed by atoms with van der Waals surface area (Å²) < 4.78 is 0. The van der Waals surface area contributed by atoms with Gasteiger partial charge in [0, 0.05) is 23.7 Å². The molecule has 1 aliphatic rings. The molecule has 0 spiro atoms. The Morgan fingerprint density at radius 1 is 1.38 bits per heavy atom. The summed E-state index contributed by atoms with van der Waals surface area (Å²) in [6, 6.07) is 0.